The average molecular weight is 243 g/mol. The van der Waals surface area contributed by atoms with Crippen LogP contribution < -0.4 is 5.73 Å². The van der Waals surface area contributed by atoms with Crippen LogP contribution in [0.15, 0.2) is 36.7 Å². The molecule has 4 nitrogen and oxygen atoms in total. The predicted octanol–water partition coefficient (Wildman–Crippen LogP) is 1.75. The second kappa shape index (κ2) is 5.49. The number of hydrogen-bond acceptors (Lipinski definition) is 3. The number of carbonyl (C=O) groups is 1. The van der Waals surface area contributed by atoms with E-state index in [1.165, 1.54) is 0 Å². The Labute approximate surface area is 106 Å². The Bertz CT molecular complexity index is 528. The molecule has 0 saturated carbocycles. The predicted molar refractivity (Wildman–Crippen MR) is 71.1 cm³/mol. The number of hydrogen-bond donors (Lipinski definition) is 1. The summed E-state index contributed by atoms with van der Waals surface area (Å²) in [6.45, 7) is 0. The highest BCUT2D eigenvalue weighted by Crippen LogP contribution is 2.08. The number of aryl methyl sites for hydroxylation is 2. The minimum Gasteiger partial charge on any atom is -0.399 e. The molecule has 0 radical (unpaired) electrons. The number of aromatic nitrogens is 2. The van der Waals surface area contributed by atoms with E-state index in [1.807, 2.05) is 42.1 Å². The zero-order valence-electron chi connectivity index (χ0n) is 10.5. The molecule has 0 aliphatic heterocycles. The van der Waals surface area contributed by atoms with Gasteiger partial charge in [-0.25, -0.2) is 4.98 Å². The van der Waals surface area contributed by atoms with Gasteiger partial charge in [0.15, 0.2) is 0 Å². The van der Waals surface area contributed by atoms with E-state index in [1.54, 1.807) is 6.20 Å². The van der Waals surface area contributed by atoms with E-state index >= 15 is 0 Å². The molecule has 94 valence electrons. The number of carbonyl (C=O) groups excluding carboxylic acids is 1. The van der Waals surface area contributed by atoms with Gasteiger partial charge in [0.25, 0.3) is 0 Å². The van der Waals surface area contributed by atoms with E-state index in [2.05, 4.69) is 4.98 Å². The average Bonchev–Trinajstić information content (AvgIpc) is 2.75. The van der Waals surface area contributed by atoms with E-state index in [0.29, 0.717) is 19.3 Å². The lowest BCUT2D eigenvalue weighted by molar-refractivity contribution is -0.118. The number of imidazole rings is 1. The van der Waals surface area contributed by atoms with Crippen LogP contribution in [0.3, 0.4) is 0 Å². The second-order valence-electron chi connectivity index (χ2n) is 4.41. The van der Waals surface area contributed by atoms with E-state index in [4.69, 9.17) is 5.73 Å². The first-order valence-corrected chi connectivity index (χ1v) is 5.97. The zero-order valence-corrected chi connectivity index (χ0v) is 10.5. The van der Waals surface area contributed by atoms with Gasteiger partial charge < -0.3 is 10.3 Å². The molecule has 0 amide bonds. The Morgan fingerprint density at radius 2 is 2.06 bits per heavy atom. The van der Waals surface area contributed by atoms with Gasteiger partial charge >= 0.3 is 0 Å². The molecule has 4 heteroatoms. The molecule has 2 rings (SSSR count). The molecule has 0 aliphatic rings. The number of anilines is 1. The molecule has 0 aliphatic carbocycles. The van der Waals surface area contributed by atoms with Crippen molar-refractivity contribution in [3.63, 3.8) is 0 Å². The first kappa shape index (κ1) is 12.4. The van der Waals surface area contributed by atoms with Crippen molar-refractivity contribution in [3.05, 3.63) is 48.0 Å². The lowest BCUT2D eigenvalue weighted by Gasteiger charge is -2.03. The maximum atomic E-state index is 11.8. The lowest BCUT2D eigenvalue weighted by atomic mass is 10.1. The number of nitrogen functional groups attached to an aromatic ring is 1. The summed E-state index contributed by atoms with van der Waals surface area (Å²) in [5, 5.41) is 0. The van der Waals surface area contributed by atoms with Crippen molar-refractivity contribution in [3.8, 4) is 0 Å². The van der Waals surface area contributed by atoms with Crippen molar-refractivity contribution in [2.24, 2.45) is 7.05 Å². The molecular weight excluding hydrogens is 226 g/mol. The highest BCUT2D eigenvalue weighted by atomic mass is 16.1. The molecule has 0 unspecified atom stereocenters. The molecule has 1 heterocycles. The van der Waals surface area contributed by atoms with Gasteiger partial charge in [-0.3, -0.25) is 4.79 Å². The number of nitrogens with zero attached hydrogens (tertiary/aromatic N) is 2. The topological polar surface area (TPSA) is 60.9 Å². The fraction of sp³-hybridized carbons (Fsp3) is 0.286. The van der Waals surface area contributed by atoms with Gasteiger partial charge in [-0.2, -0.15) is 0 Å². The Balaban J connectivity index is 1.86. The minimum atomic E-state index is 0.225. The summed E-state index contributed by atoms with van der Waals surface area (Å²) in [5.74, 6) is 1.17. The van der Waals surface area contributed by atoms with Gasteiger partial charge in [0.2, 0.25) is 0 Å². The van der Waals surface area contributed by atoms with Gasteiger partial charge in [-0.15, -0.1) is 0 Å². The number of Topliss-reactive ketones (excluding diaryl/α,β-unsaturated/α-hetero) is 1. The number of nitrogens with two attached hydrogens (primary N) is 1. The summed E-state index contributed by atoms with van der Waals surface area (Å²) < 4.78 is 1.94. The van der Waals surface area contributed by atoms with E-state index in [9.17, 15) is 4.79 Å². The third-order valence-corrected chi connectivity index (χ3v) is 2.93. The largest absolute Gasteiger partial charge is 0.399 e. The quantitative estimate of drug-likeness (QED) is 0.814. The molecule has 0 atom stereocenters. The van der Waals surface area contributed by atoms with Crippen molar-refractivity contribution in [1.82, 2.24) is 9.55 Å². The maximum absolute atomic E-state index is 11.8. The standard InChI is InChI=1S/C14H17N3O/c1-17-9-8-16-14(17)7-6-13(18)10-11-2-4-12(15)5-3-11/h2-5,8-9H,6-7,10,15H2,1H3. The van der Waals surface area contributed by atoms with Crippen LogP contribution in [-0.2, 0) is 24.7 Å². The molecule has 0 bridgehead atoms. The number of rotatable bonds is 5. The highest BCUT2D eigenvalue weighted by molar-refractivity contribution is 5.81. The molecular formula is C14H17N3O. The molecule has 0 spiro atoms. The van der Waals surface area contributed by atoms with Crippen molar-refractivity contribution in [1.29, 1.82) is 0 Å². The van der Waals surface area contributed by atoms with Crippen LogP contribution in [-0.4, -0.2) is 15.3 Å². The van der Waals surface area contributed by atoms with Crippen molar-refractivity contribution in [2.45, 2.75) is 19.3 Å². The van der Waals surface area contributed by atoms with Crippen LogP contribution in [0.25, 0.3) is 0 Å². The Kier molecular flexibility index (Phi) is 3.77. The van der Waals surface area contributed by atoms with Crippen LogP contribution in [0.4, 0.5) is 5.69 Å². The van der Waals surface area contributed by atoms with Crippen molar-refractivity contribution in [2.75, 3.05) is 5.73 Å². The molecule has 18 heavy (non-hydrogen) atoms. The van der Waals surface area contributed by atoms with Crippen LogP contribution in [0.2, 0.25) is 0 Å². The Hall–Kier alpha value is -2.10. The summed E-state index contributed by atoms with van der Waals surface area (Å²) in [5.41, 5.74) is 7.33. The van der Waals surface area contributed by atoms with Gasteiger partial charge in [-0.1, -0.05) is 12.1 Å². The summed E-state index contributed by atoms with van der Waals surface area (Å²) >= 11 is 0. The monoisotopic (exact) mass is 243 g/mol. The minimum absolute atomic E-state index is 0.225. The summed E-state index contributed by atoms with van der Waals surface area (Å²) in [7, 11) is 1.94. The van der Waals surface area contributed by atoms with Crippen molar-refractivity contribution < 1.29 is 4.79 Å². The third kappa shape index (κ3) is 3.20. The SMILES string of the molecule is Cn1ccnc1CCC(=O)Cc1ccc(N)cc1. The number of ketones is 1. The normalized spacial score (nSPS) is 10.5. The zero-order chi connectivity index (χ0) is 13.0. The molecule has 2 N–H and O–H groups in total. The van der Waals surface area contributed by atoms with Gasteiger partial charge in [0, 0.05) is 44.4 Å². The Morgan fingerprint density at radius 3 is 2.67 bits per heavy atom. The van der Waals surface area contributed by atoms with E-state index in [0.717, 1.165) is 17.1 Å². The molecule has 2 aromatic rings. The third-order valence-electron chi connectivity index (χ3n) is 2.93. The second-order valence-corrected chi connectivity index (χ2v) is 4.41. The summed E-state index contributed by atoms with van der Waals surface area (Å²) in [4.78, 5) is 16.0. The van der Waals surface area contributed by atoms with E-state index in [-0.39, 0.29) is 5.78 Å². The number of benzene rings is 1. The fourth-order valence-electron chi connectivity index (χ4n) is 1.84. The van der Waals surface area contributed by atoms with E-state index < -0.39 is 0 Å². The first-order valence-electron chi connectivity index (χ1n) is 5.97. The Morgan fingerprint density at radius 1 is 1.33 bits per heavy atom. The highest BCUT2D eigenvalue weighted by Gasteiger charge is 2.06. The molecule has 0 fully saturated rings. The maximum Gasteiger partial charge on any atom is 0.137 e. The van der Waals surface area contributed by atoms with Crippen LogP contribution in [0.1, 0.15) is 17.8 Å². The molecule has 0 saturated heterocycles. The fourth-order valence-corrected chi connectivity index (χ4v) is 1.84. The molecule has 1 aromatic carbocycles. The van der Waals surface area contributed by atoms with Crippen LogP contribution >= 0.6 is 0 Å². The van der Waals surface area contributed by atoms with Gasteiger partial charge in [0.1, 0.15) is 11.6 Å². The molecule has 1 aromatic heterocycles. The first-order chi connectivity index (χ1) is 8.65. The van der Waals surface area contributed by atoms with Crippen LogP contribution in [0.5, 0.6) is 0 Å². The van der Waals surface area contributed by atoms with Gasteiger partial charge in [-0.05, 0) is 17.7 Å². The van der Waals surface area contributed by atoms with Gasteiger partial charge in [0.05, 0.1) is 0 Å². The summed E-state index contributed by atoms with van der Waals surface area (Å²) in [6, 6.07) is 7.44. The lowest BCUT2D eigenvalue weighted by Crippen LogP contribution is -2.07. The van der Waals surface area contributed by atoms with Crippen LogP contribution in [0, 0.1) is 0 Å². The van der Waals surface area contributed by atoms with Crippen molar-refractivity contribution >= 4 is 11.5 Å². The smallest absolute Gasteiger partial charge is 0.137 e. The summed E-state index contributed by atoms with van der Waals surface area (Å²) in [6.07, 6.45) is 5.32.